The summed E-state index contributed by atoms with van der Waals surface area (Å²) < 4.78 is 21.1. The zero-order valence-electron chi connectivity index (χ0n) is 16.3. The van der Waals surface area contributed by atoms with E-state index in [0.29, 0.717) is 29.5 Å². The van der Waals surface area contributed by atoms with E-state index in [1.807, 2.05) is 18.2 Å². The first kappa shape index (κ1) is 20.4. The van der Waals surface area contributed by atoms with E-state index < -0.39 is 0 Å². The van der Waals surface area contributed by atoms with Gasteiger partial charge in [-0.3, -0.25) is 0 Å². The number of hydrogen-bond donors (Lipinski definition) is 1. The van der Waals surface area contributed by atoms with Gasteiger partial charge in [0, 0.05) is 23.9 Å². The molecule has 2 rings (SSSR count). The van der Waals surface area contributed by atoms with Crippen LogP contribution in [0.25, 0.3) is 0 Å². The van der Waals surface area contributed by atoms with Crippen LogP contribution in [0.5, 0.6) is 23.0 Å². The first-order chi connectivity index (χ1) is 13.1. The summed E-state index contributed by atoms with van der Waals surface area (Å²) in [6, 6.07) is 9.31. The van der Waals surface area contributed by atoms with Crippen LogP contribution in [-0.2, 0) is 6.42 Å². The lowest BCUT2D eigenvalue weighted by molar-refractivity contribution is 0.324. The van der Waals surface area contributed by atoms with Gasteiger partial charge in [-0.1, -0.05) is 6.07 Å². The predicted molar refractivity (Wildman–Crippen MR) is 106 cm³/mol. The van der Waals surface area contributed by atoms with Gasteiger partial charge in [0.05, 0.1) is 40.7 Å². The van der Waals surface area contributed by atoms with Gasteiger partial charge in [-0.2, -0.15) is 10.2 Å². The first-order valence-corrected chi connectivity index (χ1v) is 8.72. The third-order valence-electron chi connectivity index (χ3n) is 4.14. The number of methoxy groups -OCH3 is 4. The highest BCUT2D eigenvalue weighted by Crippen LogP contribution is 2.40. The maximum atomic E-state index is 6.04. The van der Waals surface area contributed by atoms with E-state index in [4.69, 9.17) is 24.7 Å². The SMILES string of the molecule is COc1ccc(CCCC/N=N\c2cc(OC)c(OC)c(OC)c2)c(N)c1. The molecule has 0 amide bonds. The fourth-order valence-electron chi connectivity index (χ4n) is 2.68. The molecule has 0 aromatic heterocycles. The minimum absolute atomic E-state index is 0.538. The van der Waals surface area contributed by atoms with Crippen molar-refractivity contribution < 1.29 is 18.9 Å². The molecule has 7 heteroatoms. The lowest BCUT2D eigenvalue weighted by Gasteiger charge is -2.12. The molecule has 0 saturated carbocycles. The molecular formula is C20H27N3O4. The fourth-order valence-corrected chi connectivity index (χ4v) is 2.68. The van der Waals surface area contributed by atoms with E-state index in [1.54, 1.807) is 40.6 Å². The highest BCUT2D eigenvalue weighted by molar-refractivity contribution is 5.60. The van der Waals surface area contributed by atoms with Gasteiger partial charge < -0.3 is 24.7 Å². The Bertz CT molecular complexity index is 753. The number of aryl methyl sites for hydroxylation is 1. The van der Waals surface area contributed by atoms with Crippen LogP contribution in [0.15, 0.2) is 40.6 Å². The van der Waals surface area contributed by atoms with Crippen molar-refractivity contribution in [3.8, 4) is 23.0 Å². The Morgan fingerprint density at radius 2 is 1.56 bits per heavy atom. The number of nitrogen functional groups attached to an aromatic ring is 1. The number of anilines is 1. The van der Waals surface area contributed by atoms with Crippen LogP contribution < -0.4 is 24.7 Å². The number of azo groups is 1. The molecule has 0 radical (unpaired) electrons. The van der Waals surface area contributed by atoms with Crippen LogP contribution in [0.3, 0.4) is 0 Å². The normalized spacial score (nSPS) is 10.8. The van der Waals surface area contributed by atoms with Crippen LogP contribution in [0.4, 0.5) is 11.4 Å². The van der Waals surface area contributed by atoms with Gasteiger partial charge >= 0.3 is 0 Å². The van der Waals surface area contributed by atoms with E-state index in [0.717, 1.165) is 36.3 Å². The lowest BCUT2D eigenvalue weighted by atomic mass is 10.1. The molecule has 0 bridgehead atoms. The van der Waals surface area contributed by atoms with E-state index in [2.05, 4.69) is 10.2 Å². The van der Waals surface area contributed by atoms with Gasteiger partial charge in [0.15, 0.2) is 11.5 Å². The number of unbranched alkanes of at least 4 members (excludes halogenated alkanes) is 1. The summed E-state index contributed by atoms with van der Waals surface area (Å²) in [5.74, 6) is 2.42. The average Bonchev–Trinajstić information content (AvgIpc) is 2.70. The van der Waals surface area contributed by atoms with Gasteiger partial charge in [-0.15, -0.1) is 0 Å². The lowest BCUT2D eigenvalue weighted by Crippen LogP contribution is -1.96. The van der Waals surface area contributed by atoms with E-state index in [-0.39, 0.29) is 0 Å². The second-order valence-electron chi connectivity index (χ2n) is 5.87. The largest absolute Gasteiger partial charge is 0.497 e. The smallest absolute Gasteiger partial charge is 0.203 e. The van der Waals surface area contributed by atoms with Crippen LogP contribution in [0.2, 0.25) is 0 Å². The van der Waals surface area contributed by atoms with Gasteiger partial charge in [-0.05, 0) is 30.9 Å². The molecule has 0 heterocycles. The van der Waals surface area contributed by atoms with Crippen molar-refractivity contribution in [2.24, 2.45) is 10.2 Å². The Morgan fingerprint density at radius 1 is 0.852 bits per heavy atom. The van der Waals surface area contributed by atoms with Crippen LogP contribution in [0, 0.1) is 0 Å². The maximum Gasteiger partial charge on any atom is 0.203 e. The third kappa shape index (κ3) is 5.51. The molecule has 27 heavy (non-hydrogen) atoms. The molecule has 146 valence electrons. The molecule has 0 aliphatic heterocycles. The van der Waals surface area contributed by atoms with Crippen molar-refractivity contribution >= 4 is 11.4 Å². The zero-order valence-corrected chi connectivity index (χ0v) is 16.3. The minimum atomic E-state index is 0.538. The second kappa shape index (κ2) is 10.3. The number of nitrogens with two attached hydrogens (primary N) is 1. The Labute approximate surface area is 160 Å². The van der Waals surface area contributed by atoms with Crippen LogP contribution in [-0.4, -0.2) is 35.0 Å². The molecule has 0 unspecified atom stereocenters. The summed E-state index contributed by atoms with van der Waals surface area (Å²) >= 11 is 0. The molecule has 7 nitrogen and oxygen atoms in total. The van der Waals surface area contributed by atoms with E-state index in [9.17, 15) is 0 Å². The summed E-state index contributed by atoms with van der Waals surface area (Å²) in [5.41, 5.74) is 8.57. The second-order valence-corrected chi connectivity index (χ2v) is 5.87. The van der Waals surface area contributed by atoms with Gasteiger partial charge in [0.25, 0.3) is 0 Å². The molecule has 0 aliphatic rings. The number of ether oxygens (including phenoxy) is 4. The molecule has 0 fully saturated rings. The molecule has 0 saturated heterocycles. The fraction of sp³-hybridized carbons (Fsp3) is 0.400. The molecular weight excluding hydrogens is 346 g/mol. The molecule has 0 aliphatic carbocycles. The maximum absolute atomic E-state index is 6.04. The summed E-state index contributed by atoms with van der Waals surface area (Å²) in [6.45, 7) is 0.632. The predicted octanol–water partition coefficient (Wildman–Crippen LogP) is 4.41. The topological polar surface area (TPSA) is 87.7 Å². The van der Waals surface area contributed by atoms with Crippen LogP contribution in [0.1, 0.15) is 18.4 Å². The number of rotatable bonds is 10. The number of nitrogens with zero attached hydrogens (tertiary/aromatic N) is 2. The quantitative estimate of drug-likeness (QED) is 0.379. The number of hydrogen-bond acceptors (Lipinski definition) is 7. The standard InChI is InChI=1S/C20H27N3O4/c1-24-16-9-8-14(17(21)13-16)7-5-6-10-22-23-15-11-18(25-2)20(27-4)19(12-15)26-3/h8-9,11-13H,5-7,10,21H2,1-4H3/b23-22-. The summed E-state index contributed by atoms with van der Waals surface area (Å²) in [7, 11) is 6.34. The van der Waals surface area contributed by atoms with Crippen molar-refractivity contribution in [1.82, 2.24) is 0 Å². The van der Waals surface area contributed by atoms with E-state index in [1.165, 1.54) is 0 Å². The van der Waals surface area contributed by atoms with Crippen molar-refractivity contribution in [1.29, 1.82) is 0 Å². The molecule has 2 N–H and O–H groups in total. The summed E-state index contributed by atoms with van der Waals surface area (Å²) in [5, 5.41) is 8.50. The Balaban J connectivity index is 1.87. The Morgan fingerprint density at radius 3 is 2.11 bits per heavy atom. The molecule has 0 atom stereocenters. The van der Waals surface area contributed by atoms with Crippen molar-refractivity contribution in [3.63, 3.8) is 0 Å². The summed E-state index contributed by atoms with van der Waals surface area (Å²) in [4.78, 5) is 0. The minimum Gasteiger partial charge on any atom is -0.497 e. The summed E-state index contributed by atoms with van der Waals surface area (Å²) in [6.07, 6.45) is 2.79. The van der Waals surface area contributed by atoms with Crippen molar-refractivity contribution in [3.05, 3.63) is 35.9 Å². The molecule has 2 aromatic rings. The first-order valence-electron chi connectivity index (χ1n) is 8.72. The van der Waals surface area contributed by atoms with Crippen molar-refractivity contribution in [2.75, 3.05) is 40.7 Å². The highest BCUT2D eigenvalue weighted by atomic mass is 16.5. The Hall–Kier alpha value is -2.96. The Kier molecular flexibility index (Phi) is 7.73. The van der Waals surface area contributed by atoms with Gasteiger partial charge in [0.2, 0.25) is 5.75 Å². The van der Waals surface area contributed by atoms with Gasteiger partial charge in [0.1, 0.15) is 5.75 Å². The zero-order chi connectivity index (χ0) is 19.6. The van der Waals surface area contributed by atoms with E-state index >= 15 is 0 Å². The monoisotopic (exact) mass is 373 g/mol. The third-order valence-corrected chi connectivity index (χ3v) is 4.14. The van der Waals surface area contributed by atoms with Gasteiger partial charge in [-0.25, -0.2) is 0 Å². The van der Waals surface area contributed by atoms with Crippen LogP contribution >= 0.6 is 0 Å². The highest BCUT2D eigenvalue weighted by Gasteiger charge is 2.12. The molecule has 2 aromatic carbocycles. The number of benzene rings is 2. The average molecular weight is 373 g/mol. The molecule has 0 spiro atoms. The van der Waals surface area contributed by atoms with Crippen molar-refractivity contribution in [2.45, 2.75) is 19.3 Å².